The van der Waals surface area contributed by atoms with E-state index in [2.05, 4.69) is 10.7 Å². The summed E-state index contributed by atoms with van der Waals surface area (Å²) in [7, 11) is 0. The van der Waals surface area contributed by atoms with Gasteiger partial charge >= 0.3 is 6.09 Å². The standard InChI is InChI=1S/C11H14ClN3O2S/c1-7(2)15(11(16)17)14-10(18)13-9-5-3-8(12)4-6-9/h3-7H,1-2H3,(H,16,17)(H2,13,14,18). The molecule has 0 heterocycles. The Labute approximate surface area is 116 Å². The monoisotopic (exact) mass is 287 g/mol. The van der Waals surface area contributed by atoms with Gasteiger partial charge in [-0.1, -0.05) is 11.6 Å². The van der Waals surface area contributed by atoms with Gasteiger partial charge in [-0.25, -0.2) is 9.80 Å². The lowest BCUT2D eigenvalue weighted by Crippen LogP contribution is -2.50. The van der Waals surface area contributed by atoms with E-state index in [1.807, 2.05) is 0 Å². The molecular formula is C11H14ClN3O2S. The highest BCUT2D eigenvalue weighted by Crippen LogP contribution is 2.13. The van der Waals surface area contributed by atoms with Gasteiger partial charge in [0, 0.05) is 10.7 Å². The van der Waals surface area contributed by atoms with E-state index < -0.39 is 6.09 Å². The molecule has 1 rings (SSSR count). The molecule has 1 aromatic rings. The van der Waals surface area contributed by atoms with Crippen LogP contribution in [0.15, 0.2) is 24.3 Å². The molecule has 1 aromatic carbocycles. The third-order valence-electron chi connectivity index (χ3n) is 2.05. The zero-order valence-electron chi connectivity index (χ0n) is 9.98. The second kappa shape index (κ2) is 6.42. The number of anilines is 1. The fourth-order valence-corrected chi connectivity index (χ4v) is 1.54. The molecule has 0 saturated carbocycles. The number of carboxylic acid groups (broad SMARTS) is 1. The second-order valence-electron chi connectivity index (χ2n) is 3.82. The molecule has 0 spiro atoms. The number of carbonyl (C=O) groups is 1. The van der Waals surface area contributed by atoms with E-state index in [1.165, 1.54) is 0 Å². The maximum absolute atomic E-state index is 10.9. The molecule has 0 unspecified atom stereocenters. The topological polar surface area (TPSA) is 64.6 Å². The maximum atomic E-state index is 10.9. The van der Waals surface area contributed by atoms with E-state index in [4.69, 9.17) is 28.9 Å². The van der Waals surface area contributed by atoms with Gasteiger partial charge in [0.2, 0.25) is 0 Å². The van der Waals surface area contributed by atoms with Gasteiger partial charge in [-0.15, -0.1) is 0 Å². The van der Waals surface area contributed by atoms with Crippen LogP contribution in [0.25, 0.3) is 0 Å². The highest BCUT2D eigenvalue weighted by Gasteiger charge is 2.16. The highest BCUT2D eigenvalue weighted by molar-refractivity contribution is 7.80. The summed E-state index contributed by atoms with van der Waals surface area (Å²) in [5, 5.41) is 13.7. The fourth-order valence-electron chi connectivity index (χ4n) is 1.20. The van der Waals surface area contributed by atoms with Gasteiger partial charge in [-0.05, 0) is 50.3 Å². The fraction of sp³-hybridized carbons (Fsp3) is 0.273. The number of hydrogen-bond donors (Lipinski definition) is 3. The molecule has 0 bridgehead atoms. The van der Waals surface area contributed by atoms with Gasteiger partial charge in [0.05, 0.1) is 6.04 Å². The number of nitrogens with zero attached hydrogens (tertiary/aromatic N) is 1. The molecule has 5 nitrogen and oxygen atoms in total. The molecule has 0 aromatic heterocycles. The van der Waals surface area contributed by atoms with Crippen LogP contribution < -0.4 is 10.7 Å². The summed E-state index contributed by atoms with van der Waals surface area (Å²) >= 11 is 10.8. The number of halogens is 1. The van der Waals surface area contributed by atoms with E-state index in [-0.39, 0.29) is 11.2 Å². The Bertz CT molecular complexity index is 436. The SMILES string of the molecule is CC(C)N(NC(=S)Nc1ccc(Cl)cc1)C(=O)O. The third kappa shape index (κ3) is 4.38. The van der Waals surface area contributed by atoms with Gasteiger partial charge in [-0.2, -0.15) is 0 Å². The van der Waals surface area contributed by atoms with Crippen LogP contribution in [0.1, 0.15) is 13.8 Å². The molecule has 18 heavy (non-hydrogen) atoms. The summed E-state index contributed by atoms with van der Waals surface area (Å²) in [6.07, 6.45) is -1.09. The first-order chi connectivity index (χ1) is 8.40. The molecule has 0 radical (unpaired) electrons. The van der Waals surface area contributed by atoms with Crippen molar-refractivity contribution in [3.05, 3.63) is 29.3 Å². The van der Waals surface area contributed by atoms with Crippen molar-refractivity contribution in [3.8, 4) is 0 Å². The predicted octanol–water partition coefficient (Wildman–Crippen LogP) is 2.93. The van der Waals surface area contributed by atoms with Crippen molar-refractivity contribution in [1.82, 2.24) is 10.4 Å². The minimum atomic E-state index is -1.09. The van der Waals surface area contributed by atoms with Gasteiger partial charge in [-0.3, -0.25) is 5.43 Å². The molecular weight excluding hydrogens is 274 g/mol. The van der Waals surface area contributed by atoms with E-state index in [0.29, 0.717) is 5.02 Å². The Morgan fingerprint density at radius 2 is 1.94 bits per heavy atom. The van der Waals surface area contributed by atoms with Crippen molar-refractivity contribution in [3.63, 3.8) is 0 Å². The van der Waals surface area contributed by atoms with Crippen LogP contribution in [0.4, 0.5) is 10.5 Å². The summed E-state index contributed by atoms with van der Waals surface area (Å²) in [4.78, 5) is 10.9. The van der Waals surface area contributed by atoms with Crippen LogP contribution in [0.5, 0.6) is 0 Å². The summed E-state index contributed by atoms with van der Waals surface area (Å²) in [6, 6.07) is 6.69. The summed E-state index contributed by atoms with van der Waals surface area (Å²) in [5.41, 5.74) is 3.33. The van der Waals surface area contributed by atoms with Crippen molar-refractivity contribution in [2.45, 2.75) is 19.9 Å². The zero-order chi connectivity index (χ0) is 13.7. The van der Waals surface area contributed by atoms with Gasteiger partial charge in [0.15, 0.2) is 5.11 Å². The number of nitrogens with one attached hydrogen (secondary N) is 2. The second-order valence-corrected chi connectivity index (χ2v) is 4.66. The Morgan fingerprint density at radius 1 is 1.39 bits per heavy atom. The first-order valence-electron chi connectivity index (χ1n) is 5.25. The Morgan fingerprint density at radius 3 is 2.39 bits per heavy atom. The number of hydrazine groups is 1. The lowest BCUT2D eigenvalue weighted by atomic mass is 10.3. The Balaban J connectivity index is 2.60. The van der Waals surface area contributed by atoms with E-state index >= 15 is 0 Å². The zero-order valence-corrected chi connectivity index (χ0v) is 11.5. The van der Waals surface area contributed by atoms with Crippen molar-refractivity contribution in [2.24, 2.45) is 0 Å². The molecule has 0 aliphatic carbocycles. The van der Waals surface area contributed by atoms with Crippen molar-refractivity contribution >= 4 is 40.7 Å². The normalized spacial score (nSPS) is 10.0. The molecule has 0 atom stereocenters. The molecule has 0 aliphatic rings. The third-order valence-corrected chi connectivity index (χ3v) is 2.49. The van der Waals surface area contributed by atoms with Crippen molar-refractivity contribution < 1.29 is 9.90 Å². The maximum Gasteiger partial charge on any atom is 0.426 e. The van der Waals surface area contributed by atoms with E-state index in [1.54, 1.807) is 38.1 Å². The lowest BCUT2D eigenvalue weighted by Gasteiger charge is -2.25. The van der Waals surface area contributed by atoms with Crippen molar-refractivity contribution in [1.29, 1.82) is 0 Å². The van der Waals surface area contributed by atoms with E-state index in [9.17, 15) is 4.79 Å². The average Bonchev–Trinajstić information content (AvgIpc) is 2.28. The van der Waals surface area contributed by atoms with Crippen LogP contribution in [0.2, 0.25) is 5.02 Å². The smallest absolute Gasteiger partial charge is 0.426 e. The largest absolute Gasteiger partial charge is 0.464 e. The van der Waals surface area contributed by atoms with Crippen molar-refractivity contribution in [2.75, 3.05) is 5.32 Å². The minimum Gasteiger partial charge on any atom is -0.464 e. The van der Waals surface area contributed by atoms with Crippen LogP contribution in [-0.4, -0.2) is 27.4 Å². The summed E-state index contributed by atoms with van der Waals surface area (Å²) in [6.45, 7) is 3.48. The number of amides is 1. The Hall–Kier alpha value is -1.53. The van der Waals surface area contributed by atoms with Gasteiger partial charge in [0.25, 0.3) is 0 Å². The molecule has 0 fully saturated rings. The molecule has 7 heteroatoms. The molecule has 1 amide bonds. The molecule has 3 N–H and O–H groups in total. The summed E-state index contributed by atoms with van der Waals surface area (Å²) < 4.78 is 0. The first-order valence-corrected chi connectivity index (χ1v) is 6.04. The quantitative estimate of drug-likeness (QED) is 0.576. The number of thiocarbonyl (C=S) groups is 1. The van der Waals surface area contributed by atoms with Crippen LogP contribution in [0.3, 0.4) is 0 Å². The number of benzene rings is 1. The average molecular weight is 288 g/mol. The molecule has 0 aliphatic heterocycles. The first kappa shape index (κ1) is 14.5. The van der Waals surface area contributed by atoms with Crippen LogP contribution in [-0.2, 0) is 0 Å². The Kier molecular flexibility index (Phi) is 5.18. The number of hydrogen-bond acceptors (Lipinski definition) is 2. The minimum absolute atomic E-state index is 0.202. The van der Waals surface area contributed by atoms with Gasteiger partial charge < -0.3 is 10.4 Å². The lowest BCUT2D eigenvalue weighted by molar-refractivity contribution is 0.119. The number of rotatable bonds is 2. The molecule has 0 saturated heterocycles. The summed E-state index contributed by atoms with van der Waals surface area (Å²) in [5.74, 6) is 0. The highest BCUT2D eigenvalue weighted by atomic mass is 35.5. The van der Waals surface area contributed by atoms with Crippen LogP contribution >= 0.6 is 23.8 Å². The predicted molar refractivity (Wildman–Crippen MR) is 75.8 cm³/mol. The molecule has 98 valence electrons. The van der Waals surface area contributed by atoms with E-state index in [0.717, 1.165) is 10.7 Å². The van der Waals surface area contributed by atoms with Gasteiger partial charge in [0.1, 0.15) is 0 Å². The van der Waals surface area contributed by atoms with Crippen LogP contribution in [0, 0.1) is 0 Å².